The van der Waals surface area contributed by atoms with Crippen molar-refractivity contribution in [1.82, 2.24) is 4.90 Å². The third-order valence-corrected chi connectivity index (χ3v) is 4.89. The molecule has 0 spiro atoms. The van der Waals surface area contributed by atoms with Gasteiger partial charge in [-0.3, -0.25) is 9.59 Å². The zero-order valence-electron chi connectivity index (χ0n) is 15.8. The van der Waals surface area contributed by atoms with Crippen molar-refractivity contribution in [3.05, 3.63) is 64.2 Å². The molecule has 0 aliphatic carbocycles. The first-order valence-corrected chi connectivity index (χ1v) is 9.21. The Balaban J connectivity index is 2.21. The number of carbonyl (C=O) groups is 2. The van der Waals surface area contributed by atoms with Gasteiger partial charge in [-0.2, -0.15) is 0 Å². The van der Waals surface area contributed by atoms with E-state index < -0.39 is 23.8 Å². The van der Waals surface area contributed by atoms with Gasteiger partial charge in [0.05, 0.1) is 24.8 Å². The Morgan fingerprint density at radius 2 is 1.86 bits per heavy atom. The average molecular weight is 418 g/mol. The zero-order valence-corrected chi connectivity index (χ0v) is 16.6. The number of halogens is 1. The number of hydrogen-bond acceptors (Lipinski definition) is 6. The van der Waals surface area contributed by atoms with Gasteiger partial charge >= 0.3 is 0 Å². The highest BCUT2D eigenvalue weighted by Crippen LogP contribution is 2.41. The fraction of sp³-hybridized carbons (Fsp3) is 0.238. The fourth-order valence-electron chi connectivity index (χ4n) is 3.33. The molecule has 3 N–H and O–H groups in total. The number of likely N-dealkylation sites (tertiary alicyclic amines) is 1. The van der Waals surface area contributed by atoms with Crippen molar-refractivity contribution < 1.29 is 29.6 Å². The van der Waals surface area contributed by atoms with Gasteiger partial charge in [-0.25, -0.2) is 0 Å². The van der Waals surface area contributed by atoms with E-state index in [4.69, 9.17) is 16.3 Å². The molecule has 29 heavy (non-hydrogen) atoms. The molecular formula is C21H20ClNO6. The molecule has 1 saturated heterocycles. The van der Waals surface area contributed by atoms with Gasteiger partial charge in [-0.1, -0.05) is 17.7 Å². The van der Waals surface area contributed by atoms with Crippen LogP contribution in [-0.2, 0) is 9.59 Å². The van der Waals surface area contributed by atoms with Crippen LogP contribution >= 0.6 is 11.6 Å². The number of Topliss-reactive ketones (excluding diaryl/α,β-unsaturated/α-hetero) is 1. The normalized spacial score (nSPS) is 19.4. The summed E-state index contributed by atoms with van der Waals surface area (Å²) in [5, 5.41) is 31.0. The van der Waals surface area contributed by atoms with Crippen molar-refractivity contribution in [2.45, 2.75) is 19.1 Å². The molecule has 1 heterocycles. The Morgan fingerprint density at radius 1 is 1.21 bits per heavy atom. The number of ketones is 1. The first kappa shape index (κ1) is 20.7. The molecule has 152 valence electrons. The lowest BCUT2D eigenvalue weighted by Crippen LogP contribution is -2.35. The molecular weight excluding hydrogens is 398 g/mol. The Kier molecular flexibility index (Phi) is 5.81. The number of methoxy groups -OCH3 is 1. The minimum Gasteiger partial charge on any atom is -0.507 e. The molecule has 2 unspecified atom stereocenters. The highest BCUT2D eigenvalue weighted by molar-refractivity contribution is 6.46. The molecule has 0 radical (unpaired) electrons. The molecule has 3 rings (SSSR count). The third kappa shape index (κ3) is 3.92. The molecule has 1 aliphatic rings. The molecule has 1 aliphatic heterocycles. The second-order valence-corrected chi connectivity index (χ2v) is 7.18. The van der Waals surface area contributed by atoms with Crippen LogP contribution in [0.4, 0.5) is 0 Å². The van der Waals surface area contributed by atoms with E-state index in [0.29, 0.717) is 16.1 Å². The molecule has 0 aromatic heterocycles. The number of rotatable bonds is 5. The van der Waals surface area contributed by atoms with Crippen molar-refractivity contribution in [1.29, 1.82) is 0 Å². The predicted octanol–water partition coefficient (Wildman–Crippen LogP) is 2.86. The number of nitrogens with zero attached hydrogens (tertiary/aromatic N) is 1. The number of ether oxygens (including phenoxy) is 1. The highest BCUT2D eigenvalue weighted by atomic mass is 35.5. The Hall–Kier alpha value is -3.03. The summed E-state index contributed by atoms with van der Waals surface area (Å²) in [6.07, 6.45) is -0.898. The van der Waals surface area contributed by atoms with Gasteiger partial charge < -0.3 is 25.0 Å². The first-order chi connectivity index (χ1) is 13.7. The quantitative estimate of drug-likeness (QED) is 0.392. The summed E-state index contributed by atoms with van der Waals surface area (Å²) in [6, 6.07) is 9.60. The van der Waals surface area contributed by atoms with Gasteiger partial charge in [-0.05, 0) is 48.9 Å². The maximum atomic E-state index is 12.8. The van der Waals surface area contributed by atoms with Crippen molar-refractivity contribution in [3.8, 4) is 11.5 Å². The van der Waals surface area contributed by atoms with Crippen LogP contribution in [0.5, 0.6) is 11.5 Å². The first-order valence-electron chi connectivity index (χ1n) is 8.84. The number of phenols is 1. The van der Waals surface area contributed by atoms with E-state index in [0.717, 1.165) is 0 Å². The molecule has 1 fully saturated rings. The molecule has 0 saturated carbocycles. The second-order valence-electron chi connectivity index (χ2n) is 6.74. The summed E-state index contributed by atoms with van der Waals surface area (Å²) in [7, 11) is 1.37. The number of phenolic OH excluding ortho intramolecular Hbond substituents is 1. The maximum Gasteiger partial charge on any atom is 0.295 e. The molecule has 8 heteroatoms. The van der Waals surface area contributed by atoms with E-state index >= 15 is 0 Å². The minimum absolute atomic E-state index is 0.110. The number of aromatic hydroxyl groups is 1. The van der Waals surface area contributed by atoms with Crippen LogP contribution in [-0.4, -0.2) is 51.7 Å². The summed E-state index contributed by atoms with van der Waals surface area (Å²) in [4.78, 5) is 26.6. The van der Waals surface area contributed by atoms with E-state index in [2.05, 4.69) is 0 Å². The van der Waals surface area contributed by atoms with E-state index in [-0.39, 0.29) is 29.4 Å². The van der Waals surface area contributed by atoms with Crippen LogP contribution in [0.2, 0.25) is 5.02 Å². The molecule has 2 atom stereocenters. The molecule has 0 bridgehead atoms. The summed E-state index contributed by atoms with van der Waals surface area (Å²) < 4.78 is 5.13. The molecule has 2 aromatic carbocycles. The SMILES string of the molecule is COc1cc(C2C(=C(O)c3ccc(Cl)cc3)C(=O)C(=O)N2CC(C)O)ccc1O. The fourth-order valence-corrected chi connectivity index (χ4v) is 3.45. The summed E-state index contributed by atoms with van der Waals surface area (Å²) >= 11 is 5.89. The average Bonchev–Trinajstić information content (AvgIpc) is 2.93. The number of β-amino-alcohol motifs (C(OH)–C–C–N with tert-alkyl or cyclic N) is 1. The topological polar surface area (TPSA) is 107 Å². The van der Waals surface area contributed by atoms with Crippen molar-refractivity contribution >= 4 is 29.1 Å². The summed E-state index contributed by atoms with van der Waals surface area (Å²) in [5.41, 5.74) is 0.640. The monoisotopic (exact) mass is 417 g/mol. The molecule has 1 amide bonds. The lowest BCUT2D eigenvalue weighted by atomic mass is 9.95. The number of benzene rings is 2. The maximum absolute atomic E-state index is 12.8. The van der Waals surface area contributed by atoms with E-state index in [9.17, 15) is 24.9 Å². The zero-order chi connectivity index (χ0) is 21.3. The van der Waals surface area contributed by atoms with E-state index in [1.807, 2.05) is 0 Å². The minimum atomic E-state index is -0.963. The van der Waals surface area contributed by atoms with E-state index in [1.165, 1.54) is 49.3 Å². The van der Waals surface area contributed by atoms with Gasteiger partial charge in [0.2, 0.25) is 0 Å². The smallest absolute Gasteiger partial charge is 0.295 e. The van der Waals surface area contributed by atoms with Crippen molar-refractivity contribution in [3.63, 3.8) is 0 Å². The highest BCUT2D eigenvalue weighted by Gasteiger charge is 2.46. The van der Waals surface area contributed by atoms with Gasteiger partial charge in [0, 0.05) is 17.1 Å². The summed E-state index contributed by atoms with van der Waals surface area (Å²) in [6.45, 7) is 1.38. The number of hydrogen-bond donors (Lipinski definition) is 3. The van der Waals surface area contributed by atoms with Gasteiger partial charge in [0.25, 0.3) is 11.7 Å². The standard InChI is InChI=1S/C21H20ClNO6/c1-11(24)10-23-18(13-5-8-15(25)16(9-13)29-2)17(20(27)21(23)28)19(26)12-3-6-14(22)7-4-12/h3-9,11,18,24-26H,10H2,1-2H3. The van der Waals surface area contributed by atoms with E-state index in [1.54, 1.807) is 12.1 Å². The van der Waals surface area contributed by atoms with Crippen LogP contribution < -0.4 is 4.74 Å². The number of amides is 1. The Morgan fingerprint density at radius 3 is 2.45 bits per heavy atom. The Labute approximate surface area is 172 Å². The van der Waals surface area contributed by atoms with Gasteiger partial charge in [-0.15, -0.1) is 0 Å². The van der Waals surface area contributed by atoms with Crippen LogP contribution in [0.15, 0.2) is 48.0 Å². The van der Waals surface area contributed by atoms with Gasteiger partial charge in [0.1, 0.15) is 5.76 Å². The number of aliphatic hydroxyl groups is 2. The van der Waals surface area contributed by atoms with Crippen LogP contribution in [0.3, 0.4) is 0 Å². The van der Waals surface area contributed by atoms with Gasteiger partial charge in [0.15, 0.2) is 11.5 Å². The second kappa shape index (κ2) is 8.14. The molecule has 7 nitrogen and oxygen atoms in total. The largest absolute Gasteiger partial charge is 0.507 e. The number of aliphatic hydroxyl groups excluding tert-OH is 2. The summed E-state index contributed by atoms with van der Waals surface area (Å²) in [5.74, 6) is -2.02. The lowest BCUT2D eigenvalue weighted by Gasteiger charge is -2.26. The van der Waals surface area contributed by atoms with Crippen LogP contribution in [0.1, 0.15) is 24.1 Å². The predicted molar refractivity (Wildman–Crippen MR) is 107 cm³/mol. The molecule has 2 aromatic rings. The van der Waals surface area contributed by atoms with Crippen molar-refractivity contribution in [2.75, 3.05) is 13.7 Å². The third-order valence-electron chi connectivity index (χ3n) is 4.64. The Bertz CT molecular complexity index is 983. The number of carbonyl (C=O) groups excluding carboxylic acids is 2. The van der Waals surface area contributed by atoms with Crippen LogP contribution in [0, 0.1) is 0 Å². The lowest BCUT2D eigenvalue weighted by molar-refractivity contribution is -0.140. The van der Waals surface area contributed by atoms with Crippen molar-refractivity contribution in [2.24, 2.45) is 0 Å². The van der Waals surface area contributed by atoms with Crippen LogP contribution in [0.25, 0.3) is 5.76 Å².